The summed E-state index contributed by atoms with van der Waals surface area (Å²) in [6, 6.07) is 16.5. The predicted octanol–water partition coefficient (Wildman–Crippen LogP) is 4.26. The molecule has 0 saturated heterocycles. The summed E-state index contributed by atoms with van der Waals surface area (Å²) >= 11 is 0. The molecule has 2 aromatic rings. The molecular weight excluding hydrogens is 408 g/mol. The summed E-state index contributed by atoms with van der Waals surface area (Å²) in [6.07, 6.45) is 3.55. The lowest BCUT2D eigenvalue weighted by Crippen LogP contribution is -2.21. The van der Waals surface area contributed by atoms with Gasteiger partial charge in [-0.25, -0.2) is 0 Å². The minimum absolute atomic E-state index is 0.0328. The molecule has 0 fully saturated rings. The quantitative estimate of drug-likeness (QED) is 0.344. The molecule has 0 N–H and O–H groups in total. The summed E-state index contributed by atoms with van der Waals surface area (Å²) in [4.78, 5) is 23.6. The van der Waals surface area contributed by atoms with Crippen LogP contribution >= 0.6 is 0 Å². The Morgan fingerprint density at radius 2 is 1.09 bits per heavy atom. The summed E-state index contributed by atoms with van der Waals surface area (Å²) < 4.78 is 22.0. The van der Waals surface area contributed by atoms with Gasteiger partial charge >= 0.3 is 11.9 Å². The molecule has 32 heavy (non-hydrogen) atoms. The van der Waals surface area contributed by atoms with Crippen LogP contribution in [-0.2, 0) is 41.4 Å². The molecule has 0 bridgehead atoms. The fourth-order valence-electron chi connectivity index (χ4n) is 4.01. The van der Waals surface area contributed by atoms with E-state index in [4.69, 9.17) is 18.9 Å². The molecule has 6 nitrogen and oxygen atoms in total. The highest BCUT2D eigenvalue weighted by molar-refractivity contribution is 5.77. The Bertz CT molecular complexity index is 849. The Balaban J connectivity index is 0.961. The maximum absolute atomic E-state index is 11.8. The molecule has 0 amide bonds. The Kier molecular flexibility index (Phi) is 7.91. The monoisotopic (exact) mass is 438 g/mol. The van der Waals surface area contributed by atoms with Crippen molar-refractivity contribution in [1.82, 2.24) is 0 Å². The first kappa shape index (κ1) is 22.5. The third kappa shape index (κ3) is 5.96. The van der Waals surface area contributed by atoms with E-state index >= 15 is 0 Å². The van der Waals surface area contributed by atoms with Crippen LogP contribution in [0.5, 0.6) is 0 Å². The van der Waals surface area contributed by atoms with E-state index in [9.17, 15) is 9.59 Å². The van der Waals surface area contributed by atoms with Gasteiger partial charge in [-0.2, -0.15) is 0 Å². The van der Waals surface area contributed by atoms with Gasteiger partial charge in [0.15, 0.2) is 0 Å². The molecule has 2 unspecified atom stereocenters. The lowest BCUT2D eigenvalue weighted by Gasteiger charge is -2.29. The standard InChI is InChI=1S/C26H30O6/c27-25(31-15-5-13-29-23-17-19-7-1-3-9-21(19)23)11-12-26(28)32-16-6-14-30-24-18-20-8-2-4-10-22(20)24/h1-4,7-10,23-24H,5-6,11-18H2. The van der Waals surface area contributed by atoms with Crippen LogP contribution in [0.1, 0.15) is 60.1 Å². The summed E-state index contributed by atoms with van der Waals surface area (Å²) in [5, 5.41) is 0. The molecule has 4 rings (SSSR count). The number of benzene rings is 2. The number of carbonyl (C=O) groups excluding carboxylic acids is 2. The minimum Gasteiger partial charge on any atom is -0.466 e. The maximum Gasteiger partial charge on any atom is 0.306 e. The highest BCUT2D eigenvalue weighted by Crippen LogP contribution is 2.36. The maximum atomic E-state index is 11.8. The van der Waals surface area contributed by atoms with E-state index in [1.807, 2.05) is 24.3 Å². The van der Waals surface area contributed by atoms with Gasteiger partial charge in [0.1, 0.15) is 0 Å². The fraction of sp³-hybridized carbons (Fsp3) is 0.462. The van der Waals surface area contributed by atoms with Crippen LogP contribution in [0.15, 0.2) is 48.5 Å². The molecule has 2 aromatic carbocycles. The number of ether oxygens (including phenoxy) is 4. The minimum atomic E-state index is -0.386. The van der Waals surface area contributed by atoms with Gasteiger partial charge in [-0.05, 0) is 22.3 Å². The zero-order chi connectivity index (χ0) is 22.2. The predicted molar refractivity (Wildman–Crippen MR) is 118 cm³/mol. The van der Waals surface area contributed by atoms with Crippen LogP contribution in [0.3, 0.4) is 0 Å². The van der Waals surface area contributed by atoms with Gasteiger partial charge in [-0.1, -0.05) is 48.5 Å². The van der Waals surface area contributed by atoms with Gasteiger partial charge in [0.25, 0.3) is 0 Å². The summed E-state index contributed by atoms with van der Waals surface area (Å²) in [6.45, 7) is 1.68. The third-order valence-corrected chi connectivity index (χ3v) is 5.89. The first-order valence-electron chi connectivity index (χ1n) is 11.4. The van der Waals surface area contributed by atoms with Crippen molar-refractivity contribution in [3.63, 3.8) is 0 Å². The van der Waals surface area contributed by atoms with Crippen LogP contribution < -0.4 is 0 Å². The summed E-state index contributed by atoms with van der Waals surface area (Å²) in [5.74, 6) is -0.772. The van der Waals surface area contributed by atoms with Crippen LogP contribution in [0.25, 0.3) is 0 Å². The van der Waals surface area contributed by atoms with Crippen LogP contribution in [0, 0.1) is 0 Å². The number of hydrogen-bond donors (Lipinski definition) is 0. The van der Waals surface area contributed by atoms with E-state index in [-0.39, 0.29) is 37.0 Å². The molecule has 0 spiro atoms. The summed E-state index contributed by atoms with van der Waals surface area (Å²) in [5.41, 5.74) is 5.19. The van der Waals surface area contributed by atoms with Gasteiger partial charge < -0.3 is 18.9 Å². The highest BCUT2D eigenvalue weighted by atomic mass is 16.5. The van der Waals surface area contributed by atoms with Gasteiger partial charge in [-0.15, -0.1) is 0 Å². The van der Waals surface area contributed by atoms with Crippen molar-refractivity contribution >= 4 is 11.9 Å². The Hall–Kier alpha value is -2.70. The van der Waals surface area contributed by atoms with E-state index in [1.165, 1.54) is 22.3 Å². The first-order chi connectivity index (χ1) is 15.7. The van der Waals surface area contributed by atoms with Crippen LogP contribution in [0.4, 0.5) is 0 Å². The lowest BCUT2D eigenvalue weighted by atomic mass is 9.85. The van der Waals surface area contributed by atoms with Crippen molar-refractivity contribution in [3.05, 3.63) is 70.8 Å². The molecule has 0 heterocycles. The van der Waals surface area contributed by atoms with Crippen molar-refractivity contribution < 1.29 is 28.5 Å². The summed E-state index contributed by atoms with van der Waals surface area (Å²) in [7, 11) is 0. The van der Waals surface area contributed by atoms with Crippen molar-refractivity contribution in [1.29, 1.82) is 0 Å². The zero-order valence-corrected chi connectivity index (χ0v) is 18.3. The average molecular weight is 439 g/mol. The Labute approximate surface area is 188 Å². The SMILES string of the molecule is O=C(CCC(=O)OCCCOC1Cc2ccccc21)OCCCOC1Cc2ccccc21. The molecule has 2 atom stereocenters. The van der Waals surface area contributed by atoms with Crippen molar-refractivity contribution in [2.45, 2.75) is 50.7 Å². The smallest absolute Gasteiger partial charge is 0.306 e. The van der Waals surface area contributed by atoms with Crippen molar-refractivity contribution in [2.24, 2.45) is 0 Å². The molecule has 0 radical (unpaired) electrons. The Morgan fingerprint density at radius 1 is 0.656 bits per heavy atom. The van der Waals surface area contributed by atoms with E-state index in [2.05, 4.69) is 24.3 Å². The van der Waals surface area contributed by atoms with Gasteiger partial charge in [0.05, 0.1) is 51.5 Å². The molecule has 2 aliphatic rings. The average Bonchev–Trinajstić information content (AvgIpc) is 2.77. The van der Waals surface area contributed by atoms with E-state index in [1.54, 1.807) is 0 Å². The second kappa shape index (κ2) is 11.2. The van der Waals surface area contributed by atoms with E-state index in [0.717, 1.165) is 12.8 Å². The molecule has 2 aliphatic carbocycles. The van der Waals surface area contributed by atoms with Gasteiger partial charge in [-0.3, -0.25) is 9.59 Å². The van der Waals surface area contributed by atoms with Gasteiger partial charge in [0.2, 0.25) is 0 Å². The normalized spacial score (nSPS) is 18.0. The van der Waals surface area contributed by atoms with E-state index < -0.39 is 0 Å². The first-order valence-corrected chi connectivity index (χ1v) is 11.4. The molecule has 0 aliphatic heterocycles. The molecule has 170 valence electrons. The molecule has 0 saturated carbocycles. The van der Waals surface area contributed by atoms with Crippen molar-refractivity contribution in [3.8, 4) is 0 Å². The zero-order valence-electron chi connectivity index (χ0n) is 18.3. The lowest BCUT2D eigenvalue weighted by molar-refractivity contribution is -0.151. The number of carbonyl (C=O) groups is 2. The van der Waals surface area contributed by atoms with E-state index in [0.29, 0.717) is 39.3 Å². The largest absolute Gasteiger partial charge is 0.466 e. The number of hydrogen-bond acceptors (Lipinski definition) is 6. The number of fused-ring (bicyclic) bond motifs is 2. The molecular formula is C26H30O6. The van der Waals surface area contributed by atoms with Crippen LogP contribution in [0.2, 0.25) is 0 Å². The topological polar surface area (TPSA) is 71.1 Å². The number of esters is 2. The molecule has 0 aromatic heterocycles. The fourth-order valence-corrected chi connectivity index (χ4v) is 4.01. The third-order valence-electron chi connectivity index (χ3n) is 5.89. The second-order valence-corrected chi connectivity index (χ2v) is 8.17. The second-order valence-electron chi connectivity index (χ2n) is 8.17. The Morgan fingerprint density at radius 3 is 1.53 bits per heavy atom. The van der Waals surface area contributed by atoms with Gasteiger partial charge in [0, 0.05) is 25.7 Å². The molecule has 6 heteroatoms. The van der Waals surface area contributed by atoms with Crippen LogP contribution in [-0.4, -0.2) is 38.4 Å². The van der Waals surface area contributed by atoms with Crippen molar-refractivity contribution in [2.75, 3.05) is 26.4 Å². The highest BCUT2D eigenvalue weighted by Gasteiger charge is 2.26. The number of rotatable bonds is 13.